The zero-order chi connectivity index (χ0) is 13.1. The Morgan fingerprint density at radius 2 is 1.94 bits per heavy atom. The predicted octanol–water partition coefficient (Wildman–Crippen LogP) is 3.84. The summed E-state index contributed by atoms with van der Waals surface area (Å²) >= 11 is 0. The predicted molar refractivity (Wildman–Crippen MR) is 69.1 cm³/mol. The molecule has 3 heteroatoms. The van der Waals surface area contributed by atoms with Gasteiger partial charge in [0.15, 0.2) is 0 Å². The standard InChI is InChI=1S/C15H21FO2/c1-10-3-6-13(7-4-10)18-15-9-12(16)5-8-14(15)11(2)17/h5,8-11,13,17H,3-4,6-7H2,1-2H3. The minimum atomic E-state index is -0.636. The van der Waals surface area contributed by atoms with Crippen molar-refractivity contribution in [2.75, 3.05) is 0 Å². The zero-order valence-electron chi connectivity index (χ0n) is 11.0. The molecule has 1 aliphatic carbocycles. The lowest BCUT2D eigenvalue weighted by Gasteiger charge is -2.28. The topological polar surface area (TPSA) is 29.5 Å². The molecule has 0 aliphatic heterocycles. The van der Waals surface area contributed by atoms with Crippen LogP contribution in [0.2, 0.25) is 0 Å². The molecule has 0 saturated heterocycles. The van der Waals surface area contributed by atoms with Crippen LogP contribution in [-0.2, 0) is 0 Å². The van der Waals surface area contributed by atoms with Gasteiger partial charge in [-0.25, -0.2) is 4.39 Å². The molecule has 1 aromatic rings. The summed E-state index contributed by atoms with van der Waals surface area (Å²) in [5.74, 6) is 0.928. The molecule has 2 nitrogen and oxygen atoms in total. The summed E-state index contributed by atoms with van der Waals surface area (Å²) in [6.07, 6.45) is 3.85. The molecule has 0 heterocycles. The molecule has 1 N–H and O–H groups in total. The summed E-state index contributed by atoms with van der Waals surface area (Å²) in [5.41, 5.74) is 0.662. The Labute approximate surface area is 108 Å². The van der Waals surface area contributed by atoms with Gasteiger partial charge in [0.25, 0.3) is 0 Å². The summed E-state index contributed by atoms with van der Waals surface area (Å²) in [6, 6.07) is 4.33. The van der Waals surface area contributed by atoms with Crippen LogP contribution in [0.1, 0.15) is 51.2 Å². The van der Waals surface area contributed by atoms with Crippen molar-refractivity contribution in [1.82, 2.24) is 0 Å². The molecule has 0 radical (unpaired) electrons. The number of rotatable bonds is 3. The van der Waals surface area contributed by atoms with Gasteiger partial charge in [-0.1, -0.05) is 6.92 Å². The van der Waals surface area contributed by atoms with Gasteiger partial charge >= 0.3 is 0 Å². The van der Waals surface area contributed by atoms with E-state index in [2.05, 4.69) is 6.92 Å². The van der Waals surface area contributed by atoms with E-state index in [1.165, 1.54) is 12.1 Å². The van der Waals surface area contributed by atoms with E-state index in [0.29, 0.717) is 11.3 Å². The third-order valence-electron chi connectivity index (χ3n) is 3.68. The second kappa shape index (κ2) is 5.70. The Kier molecular flexibility index (Phi) is 4.23. The molecule has 1 fully saturated rings. The molecule has 0 spiro atoms. The van der Waals surface area contributed by atoms with Gasteiger partial charge in [0.2, 0.25) is 0 Å². The SMILES string of the molecule is CC1CCC(Oc2cc(F)ccc2C(C)O)CC1. The first-order valence-corrected chi connectivity index (χ1v) is 6.70. The van der Waals surface area contributed by atoms with Crippen LogP contribution in [0.5, 0.6) is 5.75 Å². The molecule has 1 unspecified atom stereocenters. The Hall–Kier alpha value is -1.09. The highest BCUT2D eigenvalue weighted by Crippen LogP contribution is 2.31. The average Bonchev–Trinajstić information content (AvgIpc) is 2.32. The second-order valence-corrected chi connectivity index (χ2v) is 5.36. The maximum Gasteiger partial charge on any atom is 0.128 e. The minimum absolute atomic E-state index is 0.153. The molecule has 0 amide bonds. The number of hydrogen-bond donors (Lipinski definition) is 1. The zero-order valence-corrected chi connectivity index (χ0v) is 11.0. The van der Waals surface area contributed by atoms with Crippen molar-refractivity contribution in [2.45, 2.75) is 51.7 Å². The molecule has 18 heavy (non-hydrogen) atoms. The van der Waals surface area contributed by atoms with Crippen molar-refractivity contribution in [3.05, 3.63) is 29.6 Å². The van der Waals surface area contributed by atoms with Gasteiger partial charge in [0.1, 0.15) is 11.6 Å². The Balaban J connectivity index is 2.10. The number of halogens is 1. The molecule has 0 bridgehead atoms. The van der Waals surface area contributed by atoms with Crippen molar-refractivity contribution >= 4 is 0 Å². The van der Waals surface area contributed by atoms with Crippen molar-refractivity contribution in [1.29, 1.82) is 0 Å². The van der Waals surface area contributed by atoms with E-state index in [1.807, 2.05) is 0 Å². The number of aliphatic hydroxyl groups excluding tert-OH is 1. The quantitative estimate of drug-likeness (QED) is 0.885. The number of benzene rings is 1. The molecule has 1 aliphatic rings. The maximum atomic E-state index is 13.3. The van der Waals surface area contributed by atoms with Crippen molar-refractivity contribution in [3.8, 4) is 5.75 Å². The van der Waals surface area contributed by atoms with Gasteiger partial charge < -0.3 is 9.84 Å². The number of ether oxygens (including phenoxy) is 1. The lowest BCUT2D eigenvalue weighted by atomic mass is 9.89. The Morgan fingerprint density at radius 3 is 2.56 bits per heavy atom. The Bertz CT molecular complexity index is 395. The van der Waals surface area contributed by atoms with Crippen LogP contribution in [0.3, 0.4) is 0 Å². The smallest absolute Gasteiger partial charge is 0.128 e. The fourth-order valence-electron chi connectivity index (χ4n) is 2.48. The summed E-state index contributed by atoms with van der Waals surface area (Å²) in [4.78, 5) is 0. The number of hydrogen-bond acceptors (Lipinski definition) is 2. The number of aliphatic hydroxyl groups is 1. The van der Waals surface area contributed by atoms with E-state index in [9.17, 15) is 9.50 Å². The third kappa shape index (κ3) is 3.22. The first-order valence-electron chi connectivity index (χ1n) is 6.70. The fourth-order valence-corrected chi connectivity index (χ4v) is 2.48. The fraction of sp³-hybridized carbons (Fsp3) is 0.600. The molecule has 1 aromatic carbocycles. The largest absolute Gasteiger partial charge is 0.490 e. The van der Waals surface area contributed by atoms with Crippen LogP contribution in [0, 0.1) is 11.7 Å². The van der Waals surface area contributed by atoms with Gasteiger partial charge in [0.05, 0.1) is 12.2 Å². The third-order valence-corrected chi connectivity index (χ3v) is 3.68. The van der Waals surface area contributed by atoms with Crippen molar-refractivity contribution in [3.63, 3.8) is 0 Å². The molecule has 0 aromatic heterocycles. The first kappa shape index (κ1) is 13.3. The highest BCUT2D eigenvalue weighted by atomic mass is 19.1. The van der Waals surface area contributed by atoms with Gasteiger partial charge in [-0.3, -0.25) is 0 Å². The van der Waals surface area contributed by atoms with Gasteiger partial charge in [0, 0.05) is 11.6 Å². The van der Waals surface area contributed by atoms with Crippen LogP contribution in [-0.4, -0.2) is 11.2 Å². The summed E-state index contributed by atoms with van der Waals surface area (Å²) in [6.45, 7) is 3.92. The van der Waals surface area contributed by atoms with E-state index in [-0.39, 0.29) is 11.9 Å². The monoisotopic (exact) mass is 252 g/mol. The maximum absolute atomic E-state index is 13.3. The molecule has 1 atom stereocenters. The molecular weight excluding hydrogens is 231 g/mol. The Morgan fingerprint density at radius 1 is 1.28 bits per heavy atom. The summed E-state index contributed by atoms with van der Waals surface area (Å²) < 4.78 is 19.1. The van der Waals surface area contributed by atoms with Crippen LogP contribution in [0.25, 0.3) is 0 Å². The normalized spacial score (nSPS) is 25.8. The average molecular weight is 252 g/mol. The molecule has 1 saturated carbocycles. The summed E-state index contributed by atoms with van der Waals surface area (Å²) in [5, 5.41) is 9.66. The second-order valence-electron chi connectivity index (χ2n) is 5.36. The van der Waals surface area contributed by atoms with Crippen LogP contribution in [0.15, 0.2) is 18.2 Å². The van der Waals surface area contributed by atoms with E-state index < -0.39 is 6.10 Å². The van der Waals surface area contributed by atoms with Crippen LogP contribution in [0.4, 0.5) is 4.39 Å². The van der Waals surface area contributed by atoms with Gasteiger partial charge in [-0.05, 0) is 50.7 Å². The van der Waals surface area contributed by atoms with E-state index in [1.54, 1.807) is 13.0 Å². The molecule has 100 valence electrons. The first-order chi connectivity index (χ1) is 8.56. The highest BCUT2D eigenvalue weighted by Gasteiger charge is 2.21. The summed E-state index contributed by atoms with van der Waals surface area (Å²) in [7, 11) is 0. The molecule has 2 rings (SSSR count). The van der Waals surface area contributed by atoms with Gasteiger partial charge in [-0.15, -0.1) is 0 Å². The van der Waals surface area contributed by atoms with Crippen LogP contribution < -0.4 is 4.74 Å². The highest BCUT2D eigenvalue weighted by molar-refractivity contribution is 5.35. The van der Waals surface area contributed by atoms with E-state index in [4.69, 9.17) is 4.74 Å². The minimum Gasteiger partial charge on any atom is -0.490 e. The lowest BCUT2D eigenvalue weighted by molar-refractivity contribution is 0.126. The van der Waals surface area contributed by atoms with E-state index >= 15 is 0 Å². The van der Waals surface area contributed by atoms with Crippen molar-refractivity contribution < 1.29 is 14.2 Å². The van der Waals surface area contributed by atoms with Crippen LogP contribution >= 0.6 is 0 Å². The lowest BCUT2D eigenvalue weighted by Crippen LogP contribution is -2.23. The van der Waals surface area contributed by atoms with Gasteiger partial charge in [-0.2, -0.15) is 0 Å². The molecular formula is C15H21FO2. The van der Waals surface area contributed by atoms with Crippen molar-refractivity contribution in [2.24, 2.45) is 5.92 Å². The van der Waals surface area contributed by atoms with E-state index in [0.717, 1.165) is 31.6 Å².